The Hall–Kier alpha value is -1.33. The average molecular weight is 374 g/mol. The van der Waals surface area contributed by atoms with E-state index in [1.807, 2.05) is 24.2 Å². The molecule has 1 aliphatic carbocycles. The Bertz CT molecular complexity index is 629. The van der Waals surface area contributed by atoms with E-state index in [4.69, 9.17) is 0 Å². The molecular weight excluding hydrogens is 342 g/mol. The summed E-state index contributed by atoms with van der Waals surface area (Å²) in [4.78, 5) is 18.3. The maximum atomic E-state index is 12.5. The van der Waals surface area contributed by atoms with E-state index in [0.29, 0.717) is 18.4 Å². The summed E-state index contributed by atoms with van der Waals surface area (Å²) in [5, 5.41) is 3.15. The predicted molar refractivity (Wildman–Crippen MR) is 111 cm³/mol. The molecule has 0 spiro atoms. The van der Waals surface area contributed by atoms with E-state index >= 15 is 0 Å². The van der Waals surface area contributed by atoms with E-state index in [9.17, 15) is 4.79 Å². The molecule has 3 atom stereocenters. The van der Waals surface area contributed by atoms with Gasteiger partial charge in [-0.2, -0.15) is 0 Å². The van der Waals surface area contributed by atoms with Crippen LogP contribution in [0.3, 0.4) is 0 Å². The molecule has 0 aromatic carbocycles. The van der Waals surface area contributed by atoms with Gasteiger partial charge in [-0.1, -0.05) is 24.6 Å². The Kier molecular flexibility index (Phi) is 6.76. The van der Waals surface area contributed by atoms with Gasteiger partial charge in [0.25, 0.3) is 0 Å². The Morgan fingerprint density at radius 2 is 2.12 bits per heavy atom. The van der Waals surface area contributed by atoms with Crippen molar-refractivity contribution in [3.8, 4) is 0 Å². The van der Waals surface area contributed by atoms with Crippen LogP contribution in [-0.2, 0) is 4.79 Å². The fraction of sp³-hybridized carbons (Fsp3) is 0.619. The van der Waals surface area contributed by atoms with Crippen molar-refractivity contribution in [2.75, 3.05) is 19.6 Å². The van der Waals surface area contributed by atoms with Gasteiger partial charge in [0.2, 0.25) is 5.91 Å². The van der Waals surface area contributed by atoms with Gasteiger partial charge in [-0.05, 0) is 63.1 Å². The number of hydrogen-bond donors (Lipinski definition) is 1. The zero-order valence-electron chi connectivity index (χ0n) is 16.1. The number of nitrogens with zero attached hydrogens (tertiary/aromatic N) is 2. The van der Waals surface area contributed by atoms with Crippen LogP contribution in [0.2, 0.25) is 0 Å². The lowest BCUT2D eigenvalue weighted by Gasteiger charge is -2.31. The van der Waals surface area contributed by atoms with Gasteiger partial charge in [0.1, 0.15) is 0 Å². The number of dihydropyridines is 1. The number of nitrogens with one attached hydrogen (secondary N) is 1. The van der Waals surface area contributed by atoms with Gasteiger partial charge in [-0.3, -0.25) is 9.79 Å². The van der Waals surface area contributed by atoms with Crippen LogP contribution in [0, 0.1) is 17.8 Å². The molecule has 2 aliphatic heterocycles. The first kappa shape index (κ1) is 19.4. The van der Waals surface area contributed by atoms with Crippen molar-refractivity contribution in [2.24, 2.45) is 22.7 Å². The Morgan fingerprint density at radius 3 is 2.81 bits per heavy atom. The summed E-state index contributed by atoms with van der Waals surface area (Å²) in [6, 6.07) is 0.251. The highest BCUT2D eigenvalue weighted by atomic mass is 32.2. The van der Waals surface area contributed by atoms with Gasteiger partial charge < -0.3 is 5.32 Å². The van der Waals surface area contributed by atoms with Crippen LogP contribution in [-0.4, -0.2) is 42.1 Å². The van der Waals surface area contributed by atoms with Gasteiger partial charge in [0, 0.05) is 42.6 Å². The van der Waals surface area contributed by atoms with Gasteiger partial charge in [-0.25, -0.2) is 4.31 Å². The van der Waals surface area contributed by atoms with E-state index in [-0.39, 0.29) is 17.9 Å². The number of aliphatic imine (C=N–C) groups is 1. The van der Waals surface area contributed by atoms with Crippen LogP contribution in [0.25, 0.3) is 0 Å². The van der Waals surface area contributed by atoms with Crippen LogP contribution in [0.5, 0.6) is 0 Å². The molecule has 3 unspecified atom stereocenters. The van der Waals surface area contributed by atoms with Crippen molar-refractivity contribution < 1.29 is 4.79 Å². The summed E-state index contributed by atoms with van der Waals surface area (Å²) in [5.41, 5.74) is 1.46. The summed E-state index contributed by atoms with van der Waals surface area (Å²) in [7, 11) is 0. The molecule has 1 saturated heterocycles. The molecule has 0 radical (unpaired) electrons. The summed E-state index contributed by atoms with van der Waals surface area (Å²) in [6.45, 7) is 9.24. The molecule has 0 bridgehead atoms. The smallest absolute Gasteiger partial charge is 0.223 e. The van der Waals surface area contributed by atoms with Crippen LogP contribution >= 0.6 is 11.9 Å². The van der Waals surface area contributed by atoms with E-state index in [1.54, 1.807) is 0 Å². The molecule has 26 heavy (non-hydrogen) atoms. The lowest BCUT2D eigenvalue weighted by Crippen LogP contribution is -2.41. The molecule has 4 nitrogen and oxygen atoms in total. The molecule has 2 heterocycles. The average Bonchev–Trinajstić information content (AvgIpc) is 2.60. The standard InChI is InChI=1S/C21H31N3OS/c1-15-11-16(2)13-20(12-15)26-24-9-6-18(7-10-24)21(25)23-14-19-5-4-8-22-17(19)3/h4-5,8,12-13,15,17-19H,6-7,9-11,14H2,1-3H3,(H,23,25). The second-order valence-electron chi connectivity index (χ2n) is 7.87. The van der Waals surface area contributed by atoms with Crippen LogP contribution < -0.4 is 5.32 Å². The number of allylic oxidation sites excluding steroid dienone is 4. The quantitative estimate of drug-likeness (QED) is 0.742. The van der Waals surface area contributed by atoms with E-state index in [0.717, 1.165) is 25.9 Å². The first-order valence-corrected chi connectivity index (χ1v) is 10.6. The van der Waals surface area contributed by atoms with Crippen molar-refractivity contribution in [2.45, 2.75) is 46.1 Å². The van der Waals surface area contributed by atoms with Crippen molar-refractivity contribution in [3.05, 3.63) is 34.8 Å². The SMILES string of the molecule is CC1=CC(SN2CCC(C(=O)NCC3C=CC=NC3C)CC2)=CC(C)C1. The highest BCUT2D eigenvalue weighted by molar-refractivity contribution is 8.01. The van der Waals surface area contributed by atoms with Crippen LogP contribution in [0.15, 0.2) is 39.8 Å². The molecule has 1 N–H and O–H groups in total. The van der Waals surface area contributed by atoms with E-state index in [1.165, 1.54) is 16.9 Å². The number of piperidine rings is 1. The monoisotopic (exact) mass is 373 g/mol. The molecule has 0 saturated carbocycles. The third kappa shape index (κ3) is 5.34. The zero-order chi connectivity index (χ0) is 18.5. The summed E-state index contributed by atoms with van der Waals surface area (Å²) < 4.78 is 2.41. The molecule has 142 valence electrons. The van der Waals surface area contributed by atoms with Gasteiger partial charge in [-0.15, -0.1) is 0 Å². The first-order chi connectivity index (χ1) is 12.5. The lowest BCUT2D eigenvalue weighted by molar-refractivity contribution is -0.126. The van der Waals surface area contributed by atoms with E-state index in [2.05, 4.69) is 53.6 Å². The second kappa shape index (κ2) is 9.05. The minimum Gasteiger partial charge on any atom is -0.355 e. The number of carbonyl (C=O) groups excluding carboxylic acids is 1. The molecule has 1 fully saturated rings. The third-order valence-electron chi connectivity index (χ3n) is 5.44. The topological polar surface area (TPSA) is 44.7 Å². The Morgan fingerprint density at radius 1 is 1.35 bits per heavy atom. The molecule has 3 rings (SSSR count). The van der Waals surface area contributed by atoms with Crippen LogP contribution in [0.4, 0.5) is 0 Å². The molecule has 0 aromatic heterocycles. The predicted octanol–water partition coefficient (Wildman–Crippen LogP) is 3.98. The maximum absolute atomic E-state index is 12.5. The van der Waals surface area contributed by atoms with E-state index < -0.39 is 0 Å². The minimum absolute atomic E-state index is 0.148. The number of carbonyl (C=O) groups is 1. The molecule has 1 amide bonds. The van der Waals surface area contributed by atoms with Crippen molar-refractivity contribution in [3.63, 3.8) is 0 Å². The highest BCUT2D eigenvalue weighted by Gasteiger charge is 2.27. The normalized spacial score (nSPS) is 30.0. The maximum Gasteiger partial charge on any atom is 0.223 e. The Balaban J connectivity index is 1.41. The fourth-order valence-electron chi connectivity index (χ4n) is 3.86. The fourth-order valence-corrected chi connectivity index (χ4v) is 5.10. The molecular formula is C21H31N3OS. The molecule has 5 heteroatoms. The summed E-state index contributed by atoms with van der Waals surface area (Å²) in [6.07, 6.45) is 13.7. The molecule has 0 aromatic rings. The lowest BCUT2D eigenvalue weighted by atomic mass is 9.95. The zero-order valence-corrected chi connectivity index (χ0v) is 17.0. The Labute approximate surface area is 162 Å². The third-order valence-corrected chi connectivity index (χ3v) is 6.53. The van der Waals surface area contributed by atoms with Gasteiger partial charge in [0.05, 0.1) is 6.04 Å². The second-order valence-corrected chi connectivity index (χ2v) is 9.04. The van der Waals surface area contributed by atoms with Crippen LogP contribution in [0.1, 0.15) is 40.0 Å². The largest absolute Gasteiger partial charge is 0.355 e. The van der Waals surface area contributed by atoms with Gasteiger partial charge >= 0.3 is 0 Å². The summed E-state index contributed by atoms with van der Waals surface area (Å²) in [5.74, 6) is 1.31. The van der Waals surface area contributed by atoms with Gasteiger partial charge in [0.15, 0.2) is 0 Å². The number of hydrogen-bond acceptors (Lipinski definition) is 4. The van der Waals surface area contributed by atoms with Crippen molar-refractivity contribution in [1.82, 2.24) is 9.62 Å². The van der Waals surface area contributed by atoms with Crippen molar-refractivity contribution in [1.29, 1.82) is 0 Å². The minimum atomic E-state index is 0.148. The highest BCUT2D eigenvalue weighted by Crippen LogP contribution is 2.33. The summed E-state index contributed by atoms with van der Waals surface area (Å²) >= 11 is 1.86. The molecule has 3 aliphatic rings. The first-order valence-electron chi connectivity index (χ1n) is 9.81. The van der Waals surface area contributed by atoms with Crippen molar-refractivity contribution >= 4 is 24.1 Å². The number of rotatable bonds is 5. The number of amides is 1.